The molecule has 0 N–H and O–H groups in total. The van der Waals surface area contributed by atoms with Crippen LogP contribution in [0.1, 0.15) is 18.4 Å². The summed E-state index contributed by atoms with van der Waals surface area (Å²) in [4.78, 5) is 2.43. The van der Waals surface area contributed by atoms with E-state index in [9.17, 15) is 0 Å². The molecule has 0 spiro atoms. The highest BCUT2D eigenvalue weighted by Crippen LogP contribution is 2.22. The Labute approximate surface area is 101 Å². The number of nitrogens with zero attached hydrogens (tertiary/aromatic N) is 1. The Kier molecular flexibility index (Phi) is 3.81. The van der Waals surface area contributed by atoms with Crippen LogP contribution in [-0.4, -0.2) is 25.0 Å². The van der Waals surface area contributed by atoms with Crippen molar-refractivity contribution in [2.75, 3.05) is 20.1 Å². The summed E-state index contributed by atoms with van der Waals surface area (Å²) in [5.74, 6) is 0.885. The maximum absolute atomic E-state index is 3.53. The largest absolute Gasteiger partial charge is 0.306 e. The Morgan fingerprint density at radius 1 is 1.33 bits per heavy atom. The van der Waals surface area contributed by atoms with Crippen LogP contribution in [-0.2, 0) is 6.42 Å². The van der Waals surface area contributed by atoms with E-state index in [0.717, 1.165) is 5.92 Å². The Morgan fingerprint density at radius 2 is 2.07 bits per heavy atom. The summed E-state index contributed by atoms with van der Waals surface area (Å²) in [5, 5.41) is 0. The molecule has 1 heterocycles. The molecule has 0 bridgehead atoms. The summed E-state index contributed by atoms with van der Waals surface area (Å²) in [6.07, 6.45) is 3.94. The minimum Gasteiger partial charge on any atom is -0.306 e. The average molecular weight is 268 g/mol. The first-order valence-corrected chi connectivity index (χ1v) is 6.46. The van der Waals surface area contributed by atoms with Crippen molar-refractivity contribution in [3.05, 3.63) is 34.3 Å². The number of benzene rings is 1. The van der Waals surface area contributed by atoms with Gasteiger partial charge in [0.05, 0.1) is 0 Å². The highest BCUT2D eigenvalue weighted by atomic mass is 79.9. The molecule has 0 aliphatic carbocycles. The lowest BCUT2D eigenvalue weighted by molar-refractivity contribution is 0.219. The van der Waals surface area contributed by atoms with Crippen LogP contribution >= 0.6 is 15.9 Å². The van der Waals surface area contributed by atoms with E-state index in [4.69, 9.17) is 0 Å². The van der Waals surface area contributed by atoms with Crippen molar-refractivity contribution in [3.63, 3.8) is 0 Å². The van der Waals surface area contributed by atoms with Gasteiger partial charge < -0.3 is 4.90 Å². The van der Waals surface area contributed by atoms with E-state index in [1.807, 2.05) is 0 Å². The van der Waals surface area contributed by atoms with Gasteiger partial charge in [0.1, 0.15) is 0 Å². The predicted molar refractivity (Wildman–Crippen MR) is 68.1 cm³/mol. The molecule has 15 heavy (non-hydrogen) atoms. The quantitative estimate of drug-likeness (QED) is 0.795. The summed E-state index contributed by atoms with van der Waals surface area (Å²) < 4.78 is 1.20. The van der Waals surface area contributed by atoms with Crippen LogP contribution in [0.25, 0.3) is 0 Å². The number of hydrogen-bond acceptors (Lipinski definition) is 1. The molecule has 2 heteroatoms. The Balaban J connectivity index is 1.92. The minimum atomic E-state index is 0.885. The van der Waals surface area contributed by atoms with Gasteiger partial charge >= 0.3 is 0 Å². The van der Waals surface area contributed by atoms with Gasteiger partial charge in [-0.25, -0.2) is 0 Å². The van der Waals surface area contributed by atoms with Crippen LogP contribution in [0.2, 0.25) is 0 Å². The molecular formula is C13H18BrN. The van der Waals surface area contributed by atoms with Crippen molar-refractivity contribution >= 4 is 15.9 Å². The fraction of sp³-hybridized carbons (Fsp3) is 0.538. The first-order chi connectivity index (χ1) is 7.24. The van der Waals surface area contributed by atoms with Gasteiger partial charge in [-0.2, -0.15) is 0 Å². The number of halogens is 1. The molecule has 1 aromatic carbocycles. The van der Waals surface area contributed by atoms with Crippen LogP contribution in [0.5, 0.6) is 0 Å². The third-order valence-electron chi connectivity index (χ3n) is 3.25. The van der Waals surface area contributed by atoms with Crippen molar-refractivity contribution in [1.82, 2.24) is 4.90 Å². The van der Waals surface area contributed by atoms with E-state index in [0.29, 0.717) is 0 Å². The topological polar surface area (TPSA) is 3.24 Å². The van der Waals surface area contributed by atoms with Crippen molar-refractivity contribution in [2.45, 2.75) is 19.3 Å². The van der Waals surface area contributed by atoms with Gasteiger partial charge in [0.2, 0.25) is 0 Å². The molecule has 1 nitrogen and oxygen atoms in total. The van der Waals surface area contributed by atoms with Gasteiger partial charge in [0.15, 0.2) is 0 Å². The second-order valence-corrected chi connectivity index (χ2v) is 5.50. The van der Waals surface area contributed by atoms with Gasteiger partial charge in [0, 0.05) is 4.47 Å². The van der Waals surface area contributed by atoms with Gasteiger partial charge in [-0.1, -0.05) is 28.1 Å². The lowest BCUT2D eigenvalue weighted by Crippen LogP contribution is -2.30. The van der Waals surface area contributed by atoms with Crippen molar-refractivity contribution < 1.29 is 0 Å². The van der Waals surface area contributed by atoms with E-state index >= 15 is 0 Å². The van der Waals surface area contributed by atoms with Crippen LogP contribution in [0.15, 0.2) is 28.7 Å². The molecule has 0 amide bonds. The van der Waals surface area contributed by atoms with Crippen LogP contribution in [0.4, 0.5) is 0 Å². The molecular weight excluding hydrogens is 250 g/mol. The maximum atomic E-state index is 3.53. The van der Waals surface area contributed by atoms with Gasteiger partial charge in [-0.3, -0.25) is 0 Å². The van der Waals surface area contributed by atoms with E-state index in [1.54, 1.807) is 0 Å². The number of likely N-dealkylation sites (tertiary alicyclic amines) is 1. The fourth-order valence-electron chi connectivity index (χ4n) is 2.26. The number of hydrogen-bond donors (Lipinski definition) is 0. The van der Waals surface area contributed by atoms with Gasteiger partial charge in [-0.15, -0.1) is 0 Å². The fourth-order valence-corrected chi connectivity index (χ4v) is 2.71. The molecule has 1 saturated heterocycles. The molecule has 2 rings (SSSR count). The summed E-state index contributed by atoms with van der Waals surface area (Å²) in [6, 6.07) is 8.72. The standard InChI is InChI=1S/C13H18BrN/c1-15-7-5-11(6-8-15)9-12-3-2-4-13(14)10-12/h2-4,10-11H,5-9H2,1H3. The molecule has 0 saturated carbocycles. The summed E-state index contributed by atoms with van der Waals surface area (Å²) in [5.41, 5.74) is 1.47. The molecule has 82 valence electrons. The average Bonchev–Trinajstić information content (AvgIpc) is 2.22. The number of rotatable bonds is 2. The third-order valence-corrected chi connectivity index (χ3v) is 3.74. The zero-order valence-electron chi connectivity index (χ0n) is 9.25. The monoisotopic (exact) mass is 267 g/mol. The maximum Gasteiger partial charge on any atom is 0.0177 e. The van der Waals surface area contributed by atoms with Crippen molar-refractivity contribution in [3.8, 4) is 0 Å². The van der Waals surface area contributed by atoms with Crippen molar-refractivity contribution in [1.29, 1.82) is 0 Å². The molecule has 1 fully saturated rings. The minimum absolute atomic E-state index is 0.885. The van der Waals surface area contributed by atoms with E-state index < -0.39 is 0 Å². The van der Waals surface area contributed by atoms with Crippen LogP contribution < -0.4 is 0 Å². The molecule has 0 radical (unpaired) electrons. The molecule has 1 aliphatic rings. The lowest BCUT2D eigenvalue weighted by Gasteiger charge is -2.28. The SMILES string of the molecule is CN1CCC(Cc2cccc(Br)c2)CC1. The van der Waals surface area contributed by atoms with Gasteiger partial charge in [0.25, 0.3) is 0 Å². The molecule has 1 aromatic rings. The normalized spacial score (nSPS) is 19.3. The second-order valence-electron chi connectivity index (χ2n) is 4.58. The van der Waals surface area contributed by atoms with Crippen LogP contribution in [0.3, 0.4) is 0 Å². The second kappa shape index (κ2) is 5.13. The smallest absolute Gasteiger partial charge is 0.0177 e. The van der Waals surface area contributed by atoms with E-state index in [1.165, 1.54) is 42.4 Å². The Bertz CT molecular complexity index is 316. The summed E-state index contributed by atoms with van der Waals surface area (Å²) in [7, 11) is 2.22. The summed E-state index contributed by atoms with van der Waals surface area (Å²) in [6.45, 7) is 2.53. The molecule has 0 unspecified atom stereocenters. The van der Waals surface area contributed by atoms with Crippen LogP contribution in [0, 0.1) is 5.92 Å². The zero-order valence-corrected chi connectivity index (χ0v) is 10.8. The molecule has 1 aliphatic heterocycles. The van der Waals surface area contributed by atoms with Crippen molar-refractivity contribution in [2.24, 2.45) is 5.92 Å². The zero-order chi connectivity index (χ0) is 10.7. The van der Waals surface area contributed by atoms with E-state index in [2.05, 4.69) is 52.1 Å². The highest BCUT2D eigenvalue weighted by molar-refractivity contribution is 9.10. The van der Waals surface area contributed by atoms with E-state index in [-0.39, 0.29) is 0 Å². The first kappa shape index (κ1) is 11.2. The highest BCUT2D eigenvalue weighted by Gasteiger charge is 2.16. The first-order valence-electron chi connectivity index (χ1n) is 5.67. The molecule has 0 aromatic heterocycles. The Morgan fingerprint density at radius 3 is 2.73 bits per heavy atom. The molecule has 0 atom stereocenters. The third kappa shape index (κ3) is 3.32. The predicted octanol–water partition coefficient (Wildman–Crippen LogP) is 3.33. The summed E-state index contributed by atoms with van der Waals surface area (Å²) >= 11 is 3.53. The van der Waals surface area contributed by atoms with Gasteiger partial charge in [-0.05, 0) is 63.0 Å². The lowest BCUT2D eigenvalue weighted by atomic mass is 9.90. The number of piperidine rings is 1. The Hall–Kier alpha value is -0.340.